The Kier molecular flexibility index (Phi) is 5.13. The number of hydrogen-bond acceptors (Lipinski definition) is 3. The second-order valence-corrected chi connectivity index (χ2v) is 2.06. The van der Waals surface area contributed by atoms with Crippen LogP contribution in [0.25, 0.3) is 0 Å². The first-order chi connectivity index (χ1) is 5.20. The first-order valence-electron chi connectivity index (χ1n) is 3.47. The van der Waals surface area contributed by atoms with Crippen LogP contribution < -0.4 is 5.32 Å². The maximum Gasteiger partial charge on any atom is 0.247 e. The van der Waals surface area contributed by atoms with Crippen LogP contribution in [0.2, 0.25) is 0 Å². The van der Waals surface area contributed by atoms with Crippen molar-refractivity contribution in [2.45, 2.75) is 19.9 Å². The Morgan fingerprint density at radius 1 is 1.82 bits per heavy atom. The highest BCUT2D eigenvalue weighted by molar-refractivity contribution is 5.77. The normalized spacial score (nSPS) is 11.7. The number of carbonyl (C=O) groups excluding carboxylic acids is 1. The molecule has 4 heteroatoms. The summed E-state index contributed by atoms with van der Waals surface area (Å²) in [4.78, 5) is 10.8. The average molecular weight is 156 g/mol. The van der Waals surface area contributed by atoms with E-state index < -0.39 is 6.04 Å². The van der Waals surface area contributed by atoms with Crippen molar-refractivity contribution in [1.82, 2.24) is 5.32 Å². The van der Waals surface area contributed by atoms with Gasteiger partial charge in [-0.05, 0) is 13.8 Å². The summed E-state index contributed by atoms with van der Waals surface area (Å²) in [6.45, 7) is 3.96. The molecule has 1 unspecified atom stereocenters. The van der Waals surface area contributed by atoms with Crippen LogP contribution in [0.3, 0.4) is 0 Å². The van der Waals surface area contributed by atoms with E-state index in [0.717, 1.165) is 0 Å². The molecule has 11 heavy (non-hydrogen) atoms. The molecule has 0 aliphatic heterocycles. The standard InChI is InChI=1S/C7H12N2O2/c1-3-11-5-7(10)9-6(2)4-8/h6H,3,5H2,1-2H3,(H,9,10). The fourth-order valence-electron chi connectivity index (χ4n) is 0.510. The second kappa shape index (κ2) is 5.69. The molecule has 0 saturated carbocycles. The number of amides is 1. The van der Waals surface area contributed by atoms with E-state index in [0.29, 0.717) is 6.61 Å². The zero-order valence-electron chi connectivity index (χ0n) is 6.76. The van der Waals surface area contributed by atoms with Crippen LogP contribution in [-0.2, 0) is 9.53 Å². The van der Waals surface area contributed by atoms with Crippen LogP contribution in [0, 0.1) is 11.3 Å². The molecule has 0 aliphatic rings. The molecule has 1 N–H and O–H groups in total. The van der Waals surface area contributed by atoms with Crippen molar-refractivity contribution in [1.29, 1.82) is 5.26 Å². The SMILES string of the molecule is CCOCC(=O)NC(C)C#N. The zero-order chi connectivity index (χ0) is 8.69. The monoisotopic (exact) mass is 156 g/mol. The highest BCUT2D eigenvalue weighted by Crippen LogP contribution is 1.78. The molecule has 62 valence electrons. The first kappa shape index (κ1) is 9.92. The molecule has 4 nitrogen and oxygen atoms in total. The Balaban J connectivity index is 3.46. The van der Waals surface area contributed by atoms with E-state index in [4.69, 9.17) is 10.00 Å². The third-order valence-electron chi connectivity index (χ3n) is 1.01. The van der Waals surface area contributed by atoms with Gasteiger partial charge < -0.3 is 10.1 Å². The number of nitriles is 1. The van der Waals surface area contributed by atoms with E-state index in [2.05, 4.69) is 5.32 Å². The zero-order valence-corrected chi connectivity index (χ0v) is 6.76. The Morgan fingerprint density at radius 2 is 2.45 bits per heavy atom. The maximum absolute atomic E-state index is 10.8. The van der Waals surface area contributed by atoms with Crippen LogP contribution in [0.1, 0.15) is 13.8 Å². The third-order valence-corrected chi connectivity index (χ3v) is 1.01. The summed E-state index contributed by atoms with van der Waals surface area (Å²) < 4.78 is 4.82. The topological polar surface area (TPSA) is 62.1 Å². The van der Waals surface area contributed by atoms with Gasteiger partial charge in [0, 0.05) is 6.61 Å². The highest BCUT2D eigenvalue weighted by Gasteiger charge is 2.04. The van der Waals surface area contributed by atoms with Crippen LogP contribution >= 0.6 is 0 Å². The highest BCUT2D eigenvalue weighted by atomic mass is 16.5. The van der Waals surface area contributed by atoms with Gasteiger partial charge in [0.15, 0.2) is 0 Å². The lowest BCUT2D eigenvalue weighted by atomic mass is 10.4. The van der Waals surface area contributed by atoms with E-state index in [-0.39, 0.29) is 12.5 Å². The van der Waals surface area contributed by atoms with Crippen LogP contribution in [0.5, 0.6) is 0 Å². The van der Waals surface area contributed by atoms with Gasteiger partial charge in [-0.1, -0.05) is 0 Å². The first-order valence-corrected chi connectivity index (χ1v) is 3.47. The van der Waals surface area contributed by atoms with Crippen LogP contribution in [0.15, 0.2) is 0 Å². The summed E-state index contributed by atoms with van der Waals surface area (Å²) in [5, 5.41) is 10.7. The van der Waals surface area contributed by atoms with Crippen molar-refractivity contribution in [3.05, 3.63) is 0 Å². The quantitative estimate of drug-likeness (QED) is 0.625. The van der Waals surface area contributed by atoms with Crippen LogP contribution in [-0.4, -0.2) is 25.2 Å². The molecule has 0 heterocycles. The average Bonchev–Trinajstić information content (AvgIpc) is 2.00. The smallest absolute Gasteiger partial charge is 0.247 e. The van der Waals surface area contributed by atoms with Gasteiger partial charge >= 0.3 is 0 Å². The van der Waals surface area contributed by atoms with Crippen LogP contribution in [0.4, 0.5) is 0 Å². The Labute approximate surface area is 66.1 Å². The minimum Gasteiger partial charge on any atom is -0.372 e. The summed E-state index contributed by atoms with van der Waals surface area (Å²) in [6.07, 6.45) is 0. The van der Waals surface area contributed by atoms with E-state index in [9.17, 15) is 4.79 Å². The van der Waals surface area contributed by atoms with Gasteiger partial charge in [0.05, 0.1) is 6.07 Å². The van der Waals surface area contributed by atoms with Crippen molar-refractivity contribution < 1.29 is 9.53 Å². The minimum absolute atomic E-state index is 0.0303. The van der Waals surface area contributed by atoms with E-state index >= 15 is 0 Å². The molecule has 0 spiro atoms. The lowest BCUT2D eigenvalue weighted by Crippen LogP contribution is -2.34. The number of rotatable bonds is 4. The van der Waals surface area contributed by atoms with E-state index in [1.807, 2.05) is 6.07 Å². The third kappa shape index (κ3) is 5.37. The van der Waals surface area contributed by atoms with E-state index in [1.165, 1.54) is 0 Å². The van der Waals surface area contributed by atoms with Gasteiger partial charge in [-0.15, -0.1) is 0 Å². The van der Waals surface area contributed by atoms with Crippen molar-refractivity contribution in [2.75, 3.05) is 13.2 Å². The largest absolute Gasteiger partial charge is 0.372 e. The summed E-state index contributed by atoms with van der Waals surface area (Å²) in [5.41, 5.74) is 0. The number of nitrogens with zero attached hydrogens (tertiary/aromatic N) is 1. The van der Waals surface area contributed by atoms with Gasteiger partial charge in [0.25, 0.3) is 0 Å². The predicted molar refractivity (Wildman–Crippen MR) is 39.7 cm³/mol. The second-order valence-electron chi connectivity index (χ2n) is 2.06. The minimum atomic E-state index is -0.442. The van der Waals surface area contributed by atoms with Crippen molar-refractivity contribution >= 4 is 5.91 Å². The lowest BCUT2D eigenvalue weighted by molar-refractivity contribution is -0.125. The molecule has 0 aromatic carbocycles. The molecular formula is C7H12N2O2. The molecule has 0 bridgehead atoms. The van der Waals surface area contributed by atoms with Gasteiger partial charge in [-0.2, -0.15) is 5.26 Å². The number of nitrogens with one attached hydrogen (secondary N) is 1. The molecule has 0 aliphatic carbocycles. The van der Waals surface area contributed by atoms with Crippen molar-refractivity contribution in [3.63, 3.8) is 0 Å². The molecule has 0 aromatic heterocycles. The van der Waals surface area contributed by atoms with Gasteiger partial charge in [0.2, 0.25) is 5.91 Å². The molecule has 0 saturated heterocycles. The van der Waals surface area contributed by atoms with Gasteiger partial charge in [0.1, 0.15) is 12.6 Å². The molecule has 1 atom stereocenters. The number of carbonyl (C=O) groups is 1. The molecule has 1 amide bonds. The van der Waals surface area contributed by atoms with E-state index in [1.54, 1.807) is 13.8 Å². The van der Waals surface area contributed by atoms with Gasteiger partial charge in [-0.3, -0.25) is 4.79 Å². The van der Waals surface area contributed by atoms with Crippen molar-refractivity contribution in [2.24, 2.45) is 0 Å². The Morgan fingerprint density at radius 3 is 2.91 bits per heavy atom. The maximum atomic E-state index is 10.8. The summed E-state index contributed by atoms with van der Waals surface area (Å²) in [7, 11) is 0. The fraction of sp³-hybridized carbons (Fsp3) is 0.714. The molecule has 0 radical (unpaired) electrons. The summed E-state index contributed by atoms with van der Waals surface area (Å²) in [5.74, 6) is -0.249. The molecular weight excluding hydrogens is 144 g/mol. The summed E-state index contributed by atoms with van der Waals surface area (Å²) >= 11 is 0. The summed E-state index contributed by atoms with van der Waals surface area (Å²) in [6, 6.07) is 1.44. The number of hydrogen-bond donors (Lipinski definition) is 1. The molecule has 0 rings (SSSR count). The molecule has 0 fully saturated rings. The number of ether oxygens (including phenoxy) is 1. The predicted octanol–water partition coefficient (Wildman–Crippen LogP) is 0.0512. The fourth-order valence-corrected chi connectivity index (χ4v) is 0.510. The Bertz CT molecular complexity index is 162. The lowest BCUT2D eigenvalue weighted by Gasteiger charge is -2.05. The molecule has 0 aromatic rings. The Hall–Kier alpha value is -1.08. The van der Waals surface area contributed by atoms with Gasteiger partial charge in [-0.25, -0.2) is 0 Å². The van der Waals surface area contributed by atoms with Crippen molar-refractivity contribution in [3.8, 4) is 6.07 Å².